The first-order chi connectivity index (χ1) is 14.2. The van der Waals surface area contributed by atoms with Crippen LogP contribution < -0.4 is 10.1 Å². The summed E-state index contributed by atoms with van der Waals surface area (Å²) in [6.07, 6.45) is -4.61. The second-order valence-corrected chi connectivity index (χ2v) is 7.44. The summed E-state index contributed by atoms with van der Waals surface area (Å²) >= 11 is 6.70. The molecule has 1 aromatic heterocycles. The molecule has 0 saturated heterocycles. The second-order valence-electron chi connectivity index (χ2n) is 6.09. The lowest BCUT2D eigenvalue weighted by molar-refractivity contribution is -0.137. The summed E-state index contributed by atoms with van der Waals surface area (Å²) < 4.78 is 45.8. The number of hydrogen-bond acceptors (Lipinski definition) is 5. The van der Waals surface area contributed by atoms with Crippen LogP contribution in [0.4, 0.5) is 18.9 Å². The highest BCUT2D eigenvalue weighted by Crippen LogP contribution is 2.36. The molecule has 2 aromatic carbocycles. The van der Waals surface area contributed by atoms with E-state index in [1.165, 1.54) is 6.07 Å². The van der Waals surface area contributed by atoms with Gasteiger partial charge in [0, 0.05) is 11.4 Å². The lowest BCUT2D eigenvalue weighted by Gasteiger charge is -2.12. The van der Waals surface area contributed by atoms with Gasteiger partial charge in [0.2, 0.25) is 5.91 Å². The van der Waals surface area contributed by atoms with Gasteiger partial charge in [0.25, 0.3) is 0 Å². The fourth-order valence-corrected chi connectivity index (χ4v) is 3.63. The zero-order chi connectivity index (χ0) is 21.9. The molecule has 3 rings (SSSR count). The Morgan fingerprint density at radius 2 is 1.90 bits per heavy atom. The van der Waals surface area contributed by atoms with Gasteiger partial charge in [0.05, 0.1) is 23.4 Å². The van der Waals surface area contributed by atoms with Gasteiger partial charge in [-0.1, -0.05) is 23.4 Å². The van der Waals surface area contributed by atoms with E-state index in [1.807, 2.05) is 12.1 Å². The Morgan fingerprint density at radius 3 is 2.53 bits per heavy atom. The molecular weight excluding hydrogens is 441 g/mol. The van der Waals surface area contributed by atoms with Gasteiger partial charge < -0.3 is 10.1 Å². The number of amides is 1. The number of aryl methyl sites for hydroxylation is 1. The molecule has 0 bridgehead atoms. The molecule has 30 heavy (non-hydrogen) atoms. The van der Waals surface area contributed by atoms with E-state index in [-0.39, 0.29) is 11.4 Å². The predicted octanol–water partition coefficient (Wildman–Crippen LogP) is 4.99. The highest BCUT2D eigenvalue weighted by Gasteiger charge is 2.33. The van der Waals surface area contributed by atoms with Crippen LogP contribution in [-0.2, 0) is 11.0 Å². The molecule has 1 heterocycles. The molecule has 3 aromatic rings. The van der Waals surface area contributed by atoms with Crippen molar-refractivity contribution in [3.63, 3.8) is 0 Å². The molecule has 1 amide bonds. The van der Waals surface area contributed by atoms with Crippen molar-refractivity contribution in [3.05, 3.63) is 58.9 Å². The van der Waals surface area contributed by atoms with Crippen LogP contribution in [0.25, 0.3) is 5.69 Å². The Bertz CT molecular complexity index is 1050. The lowest BCUT2D eigenvalue weighted by Crippen LogP contribution is -2.15. The van der Waals surface area contributed by atoms with Gasteiger partial charge in [0.1, 0.15) is 11.6 Å². The number of hydrogen-bond donors (Lipinski definition) is 1. The van der Waals surface area contributed by atoms with Crippen molar-refractivity contribution in [2.75, 3.05) is 18.2 Å². The molecule has 0 aliphatic rings. The lowest BCUT2D eigenvalue weighted by atomic mass is 10.2. The maximum Gasteiger partial charge on any atom is 0.417 e. The molecule has 0 unspecified atom stereocenters. The van der Waals surface area contributed by atoms with E-state index in [0.29, 0.717) is 16.7 Å². The molecule has 0 aliphatic heterocycles. The number of alkyl halides is 3. The Hall–Kier alpha value is -2.72. The van der Waals surface area contributed by atoms with E-state index in [1.54, 1.807) is 30.7 Å². The highest BCUT2D eigenvalue weighted by atomic mass is 35.5. The van der Waals surface area contributed by atoms with Crippen molar-refractivity contribution >= 4 is 35.0 Å². The van der Waals surface area contributed by atoms with E-state index in [2.05, 4.69) is 15.5 Å². The Balaban J connectivity index is 1.70. The first-order valence-corrected chi connectivity index (χ1v) is 9.91. The summed E-state index contributed by atoms with van der Waals surface area (Å²) in [5.74, 6) is 0.755. The summed E-state index contributed by atoms with van der Waals surface area (Å²) in [4.78, 5) is 12.2. The minimum absolute atomic E-state index is 0.00475. The van der Waals surface area contributed by atoms with Crippen molar-refractivity contribution in [2.24, 2.45) is 0 Å². The molecule has 11 heteroatoms. The van der Waals surface area contributed by atoms with Crippen LogP contribution in [0.1, 0.15) is 11.4 Å². The monoisotopic (exact) mass is 456 g/mol. The fourth-order valence-electron chi connectivity index (χ4n) is 2.61. The quantitative estimate of drug-likeness (QED) is 0.529. The number of carbonyl (C=O) groups is 1. The average molecular weight is 457 g/mol. The standard InChI is InChI=1S/C19H16ClF3N4O2S/c1-11-25-26-18(27(11)13-4-6-14(29-2)7-5-13)30-10-17(28)24-12-3-8-16(20)15(9-12)19(21,22)23/h3-9H,10H2,1-2H3,(H,24,28). The van der Waals surface area contributed by atoms with E-state index >= 15 is 0 Å². The summed E-state index contributed by atoms with van der Waals surface area (Å²) in [6.45, 7) is 1.77. The summed E-state index contributed by atoms with van der Waals surface area (Å²) in [5.41, 5.74) is -0.219. The number of ether oxygens (including phenoxy) is 1. The molecular formula is C19H16ClF3N4O2S. The van der Waals surface area contributed by atoms with Crippen molar-refractivity contribution in [1.82, 2.24) is 14.8 Å². The number of nitrogens with one attached hydrogen (secondary N) is 1. The number of rotatable bonds is 6. The molecule has 0 atom stereocenters. The van der Waals surface area contributed by atoms with Crippen LogP contribution in [0.3, 0.4) is 0 Å². The number of aromatic nitrogens is 3. The van der Waals surface area contributed by atoms with Gasteiger partial charge in [-0.3, -0.25) is 9.36 Å². The normalized spacial score (nSPS) is 11.4. The summed E-state index contributed by atoms with van der Waals surface area (Å²) in [5, 5.41) is 10.6. The molecule has 6 nitrogen and oxygen atoms in total. The minimum Gasteiger partial charge on any atom is -0.497 e. The summed E-state index contributed by atoms with van der Waals surface area (Å²) in [7, 11) is 1.57. The zero-order valence-corrected chi connectivity index (χ0v) is 17.4. The van der Waals surface area contributed by atoms with Crippen molar-refractivity contribution in [3.8, 4) is 11.4 Å². The number of anilines is 1. The van der Waals surface area contributed by atoms with Gasteiger partial charge in [-0.2, -0.15) is 13.2 Å². The van der Waals surface area contributed by atoms with Crippen LogP contribution >= 0.6 is 23.4 Å². The third-order valence-electron chi connectivity index (χ3n) is 4.01. The fraction of sp³-hybridized carbons (Fsp3) is 0.211. The summed E-state index contributed by atoms with van der Waals surface area (Å²) in [6, 6.07) is 10.4. The molecule has 0 radical (unpaired) electrons. The molecule has 158 valence electrons. The van der Waals surface area contributed by atoms with E-state index < -0.39 is 22.7 Å². The number of benzene rings is 2. The number of nitrogens with zero attached hydrogens (tertiary/aromatic N) is 3. The number of halogens is 4. The van der Waals surface area contributed by atoms with E-state index in [9.17, 15) is 18.0 Å². The Kier molecular flexibility index (Phi) is 6.57. The van der Waals surface area contributed by atoms with Crippen molar-refractivity contribution in [1.29, 1.82) is 0 Å². The van der Waals surface area contributed by atoms with Crippen LogP contribution in [0.2, 0.25) is 5.02 Å². The van der Waals surface area contributed by atoms with Crippen LogP contribution in [0.15, 0.2) is 47.6 Å². The van der Waals surface area contributed by atoms with Gasteiger partial charge in [-0.15, -0.1) is 10.2 Å². The molecule has 1 N–H and O–H groups in total. The maximum absolute atomic E-state index is 13.0. The van der Waals surface area contributed by atoms with Crippen LogP contribution in [-0.4, -0.2) is 33.5 Å². The molecule has 0 aliphatic carbocycles. The highest BCUT2D eigenvalue weighted by molar-refractivity contribution is 7.99. The zero-order valence-electron chi connectivity index (χ0n) is 15.8. The first-order valence-electron chi connectivity index (χ1n) is 8.55. The number of carbonyl (C=O) groups excluding carboxylic acids is 1. The molecule has 0 saturated carbocycles. The smallest absolute Gasteiger partial charge is 0.417 e. The number of thioether (sulfide) groups is 1. The van der Waals surface area contributed by atoms with Crippen molar-refractivity contribution in [2.45, 2.75) is 18.3 Å². The molecule has 0 spiro atoms. The topological polar surface area (TPSA) is 69.0 Å². The first kappa shape index (κ1) is 22.0. The maximum atomic E-state index is 13.0. The Labute approximate surface area is 179 Å². The average Bonchev–Trinajstić information content (AvgIpc) is 3.07. The van der Waals surface area contributed by atoms with Crippen molar-refractivity contribution < 1.29 is 22.7 Å². The van der Waals surface area contributed by atoms with Gasteiger partial charge >= 0.3 is 6.18 Å². The third-order valence-corrected chi connectivity index (χ3v) is 5.27. The van der Waals surface area contributed by atoms with E-state index in [0.717, 1.165) is 29.6 Å². The SMILES string of the molecule is COc1ccc(-n2c(C)nnc2SCC(=O)Nc2ccc(Cl)c(C(F)(F)F)c2)cc1. The predicted molar refractivity (Wildman–Crippen MR) is 108 cm³/mol. The molecule has 0 fully saturated rings. The van der Waals surface area contributed by atoms with Gasteiger partial charge in [-0.25, -0.2) is 0 Å². The van der Waals surface area contributed by atoms with Crippen LogP contribution in [0, 0.1) is 6.92 Å². The minimum atomic E-state index is -4.61. The van der Waals surface area contributed by atoms with Gasteiger partial charge in [-0.05, 0) is 49.4 Å². The van der Waals surface area contributed by atoms with Gasteiger partial charge in [0.15, 0.2) is 5.16 Å². The Morgan fingerprint density at radius 1 is 1.20 bits per heavy atom. The third kappa shape index (κ3) is 5.06. The largest absolute Gasteiger partial charge is 0.497 e. The van der Waals surface area contributed by atoms with E-state index in [4.69, 9.17) is 16.3 Å². The van der Waals surface area contributed by atoms with Crippen LogP contribution in [0.5, 0.6) is 5.75 Å². The second kappa shape index (κ2) is 8.97. The number of methoxy groups -OCH3 is 1.